The van der Waals surface area contributed by atoms with Crippen LogP contribution in [0, 0.1) is 6.92 Å². The van der Waals surface area contributed by atoms with E-state index >= 15 is 0 Å². The Bertz CT molecular complexity index is 1090. The predicted octanol–water partition coefficient (Wildman–Crippen LogP) is 5.38. The molecular weight excluding hydrogens is 372 g/mol. The van der Waals surface area contributed by atoms with Crippen LogP contribution >= 0.6 is 0 Å². The number of rotatable bonds is 8. The Morgan fingerprint density at radius 2 is 1.63 bits per heavy atom. The minimum Gasteiger partial charge on any atom is -0.494 e. The van der Waals surface area contributed by atoms with Gasteiger partial charge in [-0.05, 0) is 42.8 Å². The van der Waals surface area contributed by atoms with Crippen molar-refractivity contribution >= 4 is 11.4 Å². The van der Waals surface area contributed by atoms with E-state index in [0.29, 0.717) is 0 Å². The molecule has 30 heavy (non-hydrogen) atoms. The number of hydrogen-bond acceptors (Lipinski definition) is 4. The fourth-order valence-corrected chi connectivity index (χ4v) is 3.46. The van der Waals surface area contributed by atoms with Crippen LogP contribution in [-0.4, -0.2) is 29.8 Å². The van der Waals surface area contributed by atoms with Gasteiger partial charge in [0.2, 0.25) is 0 Å². The van der Waals surface area contributed by atoms with Gasteiger partial charge >= 0.3 is 0 Å². The van der Waals surface area contributed by atoms with Gasteiger partial charge in [0.05, 0.1) is 24.8 Å². The lowest BCUT2D eigenvalue weighted by Gasteiger charge is -2.16. The fraction of sp³-hybridized carbons (Fsp3) is 0.160. The first-order valence-electron chi connectivity index (χ1n) is 10.1. The highest BCUT2D eigenvalue weighted by molar-refractivity contribution is 5.78. The molecule has 0 aliphatic heterocycles. The number of aromatic nitrogens is 2. The Hall–Kier alpha value is -3.73. The Kier molecular flexibility index (Phi) is 5.99. The molecule has 0 unspecified atom stereocenters. The van der Waals surface area contributed by atoms with E-state index in [-0.39, 0.29) is 0 Å². The van der Waals surface area contributed by atoms with Crippen LogP contribution in [0.4, 0.5) is 11.4 Å². The van der Waals surface area contributed by atoms with Gasteiger partial charge in [0, 0.05) is 36.2 Å². The molecule has 0 aliphatic carbocycles. The SMILES string of the molecule is COc1c(NCCNc2ccc(-n3cnc(C)c3)cc2)cccc1-c1ccccc1. The zero-order valence-electron chi connectivity index (χ0n) is 17.3. The summed E-state index contributed by atoms with van der Waals surface area (Å²) in [6.45, 7) is 3.56. The van der Waals surface area contributed by atoms with Crippen LogP contribution in [0.1, 0.15) is 5.69 Å². The highest BCUT2D eigenvalue weighted by atomic mass is 16.5. The minimum atomic E-state index is 0.775. The molecule has 4 aromatic rings. The molecule has 1 aromatic heterocycles. The summed E-state index contributed by atoms with van der Waals surface area (Å²) in [4.78, 5) is 4.27. The first kappa shape index (κ1) is 19.6. The third-order valence-corrected chi connectivity index (χ3v) is 4.95. The molecule has 1 heterocycles. The van der Waals surface area contributed by atoms with E-state index < -0.39 is 0 Å². The zero-order chi connectivity index (χ0) is 20.8. The summed E-state index contributed by atoms with van der Waals surface area (Å²) in [7, 11) is 1.72. The highest BCUT2D eigenvalue weighted by Crippen LogP contribution is 2.36. The van der Waals surface area contributed by atoms with Crippen molar-refractivity contribution in [3.63, 3.8) is 0 Å². The first-order chi connectivity index (χ1) is 14.7. The number of nitrogens with zero attached hydrogens (tertiary/aromatic N) is 2. The van der Waals surface area contributed by atoms with Gasteiger partial charge in [-0.15, -0.1) is 0 Å². The van der Waals surface area contributed by atoms with Crippen LogP contribution in [0.2, 0.25) is 0 Å². The summed E-state index contributed by atoms with van der Waals surface area (Å²) < 4.78 is 7.73. The number of para-hydroxylation sites is 1. The van der Waals surface area contributed by atoms with E-state index in [9.17, 15) is 0 Å². The first-order valence-corrected chi connectivity index (χ1v) is 10.1. The van der Waals surface area contributed by atoms with Crippen molar-refractivity contribution in [1.82, 2.24) is 9.55 Å². The van der Waals surface area contributed by atoms with E-state index in [1.807, 2.05) is 48.3 Å². The van der Waals surface area contributed by atoms with Crippen LogP contribution in [0.15, 0.2) is 85.3 Å². The second kappa shape index (κ2) is 9.18. The summed E-state index contributed by atoms with van der Waals surface area (Å²) >= 11 is 0. The van der Waals surface area contributed by atoms with Gasteiger partial charge in [0.25, 0.3) is 0 Å². The summed E-state index contributed by atoms with van der Waals surface area (Å²) in [6, 6.07) is 24.8. The molecule has 0 amide bonds. The van der Waals surface area contributed by atoms with Gasteiger partial charge in [0.15, 0.2) is 0 Å². The molecule has 0 saturated heterocycles. The van der Waals surface area contributed by atoms with E-state index in [2.05, 4.69) is 64.1 Å². The van der Waals surface area contributed by atoms with E-state index in [1.165, 1.54) is 0 Å². The van der Waals surface area contributed by atoms with Gasteiger partial charge in [-0.25, -0.2) is 4.98 Å². The normalized spacial score (nSPS) is 10.6. The molecule has 5 nitrogen and oxygen atoms in total. The van der Waals surface area contributed by atoms with Gasteiger partial charge in [-0.3, -0.25) is 0 Å². The van der Waals surface area contributed by atoms with Gasteiger partial charge in [0.1, 0.15) is 5.75 Å². The average Bonchev–Trinajstić information content (AvgIpc) is 3.23. The Morgan fingerprint density at radius 3 is 2.33 bits per heavy atom. The number of hydrogen-bond donors (Lipinski definition) is 2. The number of anilines is 2. The standard InChI is InChI=1S/C25H26N4O/c1-19-17-29(18-28-19)22-13-11-21(12-14-22)26-15-16-27-24-10-6-9-23(25(24)30-2)20-7-4-3-5-8-20/h3-14,17-18,26-27H,15-16H2,1-2H3. The maximum atomic E-state index is 5.71. The third-order valence-electron chi connectivity index (χ3n) is 4.95. The molecular formula is C25H26N4O. The predicted molar refractivity (Wildman–Crippen MR) is 124 cm³/mol. The largest absolute Gasteiger partial charge is 0.494 e. The maximum absolute atomic E-state index is 5.71. The molecule has 0 radical (unpaired) electrons. The quantitative estimate of drug-likeness (QED) is 0.391. The van der Waals surface area contributed by atoms with Crippen molar-refractivity contribution in [3.05, 3.63) is 91.0 Å². The van der Waals surface area contributed by atoms with Crippen molar-refractivity contribution < 1.29 is 4.74 Å². The van der Waals surface area contributed by atoms with Crippen molar-refractivity contribution in [1.29, 1.82) is 0 Å². The topological polar surface area (TPSA) is 51.1 Å². The zero-order valence-corrected chi connectivity index (χ0v) is 17.3. The molecule has 152 valence electrons. The number of ether oxygens (including phenoxy) is 1. The molecule has 0 fully saturated rings. The Balaban J connectivity index is 1.36. The number of imidazole rings is 1. The minimum absolute atomic E-state index is 0.775. The monoisotopic (exact) mass is 398 g/mol. The number of nitrogens with one attached hydrogen (secondary N) is 2. The number of benzene rings is 3. The van der Waals surface area contributed by atoms with Crippen molar-refractivity contribution in [2.24, 2.45) is 0 Å². The average molecular weight is 399 g/mol. The van der Waals surface area contributed by atoms with Crippen molar-refractivity contribution in [2.45, 2.75) is 6.92 Å². The van der Waals surface area contributed by atoms with E-state index in [0.717, 1.165) is 52.7 Å². The maximum Gasteiger partial charge on any atom is 0.149 e. The summed E-state index contributed by atoms with van der Waals surface area (Å²) in [5.74, 6) is 0.865. The summed E-state index contributed by atoms with van der Waals surface area (Å²) in [6.07, 6.45) is 3.85. The summed E-state index contributed by atoms with van der Waals surface area (Å²) in [5, 5.41) is 6.94. The van der Waals surface area contributed by atoms with Crippen molar-refractivity contribution in [2.75, 3.05) is 30.8 Å². The molecule has 0 spiro atoms. The number of aryl methyl sites for hydroxylation is 1. The molecule has 2 N–H and O–H groups in total. The van der Waals surface area contributed by atoms with Crippen LogP contribution in [0.3, 0.4) is 0 Å². The fourth-order valence-electron chi connectivity index (χ4n) is 3.46. The lowest BCUT2D eigenvalue weighted by molar-refractivity contribution is 0.418. The van der Waals surface area contributed by atoms with Crippen LogP contribution in [0.25, 0.3) is 16.8 Å². The van der Waals surface area contributed by atoms with Crippen LogP contribution in [0.5, 0.6) is 5.75 Å². The van der Waals surface area contributed by atoms with Crippen molar-refractivity contribution in [3.8, 4) is 22.6 Å². The molecule has 5 heteroatoms. The summed E-state index contributed by atoms with van der Waals surface area (Å²) in [5.41, 5.74) is 6.41. The lowest BCUT2D eigenvalue weighted by atomic mass is 10.0. The van der Waals surface area contributed by atoms with Gasteiger partial charge < -0.3 is 19.9 Å². The second-order valence-corrected chi connectivity index (χ2v) is 7.08. The number of methoxy groups -OCH3 is 1. The Morgan fingerprint density at radius 1 is 0.867 bits per heavy atom. The third kappa shape index (κ3) is 4.46. The molecule has 3 aromatic carbocycles. The highest BCUT2D eigenvalue weighted by Gasteiger charge is 2.10. The molecule has 0 saturated carbocycles. The lowest BCUT2D eigenvalue weighted by Crippen LogP contribution is -2.14. The van der Waals surface area contributed by atoms with Crippen LogP contribution in [-0.2, 0) is 0 Å². The molecule has 4 rings (SSSR count). The molecule has 0 aliphatic rings. The van der Waals surface area contributed by atoms with Gasteiger partial charge in [-0.1, -0.05) is 42.5 Å². The molecule has 0 atom stereocenters. The van der Waals surface area contributed by atoms with Crippen LogP contribution < -0.4 is 15.4 Å². The molecule has 0 bridgehead atoms. The Labute approximate surface area is 177 Å². The van der Waals surface area contributed by atoms with Gasteiger partial charge in [-0.2, -0.15) is 0 Å². The smallest absolute Gasteiger partial charge is 0.149 e. The second-order valence-electron chi connectivity index (χ2n) is 7.08. The van der Waals surface area contributed by atoms with E-state index in [4.69, 9.17) is 4.74 Å². The van der Waals surface area contributed by atoms with E-state index in [1.54, 1.807) is 7.11 Å².